The third kappa shape index (κ3) is 4.32. The number of esters is 1. The first-order chi connectivity index (χ1) is 14.6. The number of carbonyl (C=O) groups excluding carboxylic acids is 3. The van der Waals surface area contributed by atoms with E-state index in [1.807, 2.05) is 0 Å². The predicted octanol–water partition coefficient (Wildman–Crippen LogP) is 1.29. The summed E-state index contributed by atoms with van der Waals surface area (Å²) in [5, 5.41) is 13.1. The number of tetrazole rings is 1. The van der Waals surface area contributed by atoms with Crippen LogP contribution in [-0.2, 0) is 22.5 Å². The van der Waals surface area contributed by atoms with E-state index in [1.54, 1.807) is 36.4 Å². The van der Waals surface area contributed by atoms with Gasteiger partial charge >= 0.3 is 5.97 Å². The molecule has 1 N–H and O–H groups in total. The zero-order valence-electron chi connectivity index (χ0n) is 15.8. The zero-order valence-corrected chi connectivity index (χ0v) is 15.8. The highest BCUT2D eigenvalue weighted by molar-refractivity contribution is 6.03. The summed E-state index contributed by atoms with van der Waals surface area (Å²) in [6.07, 6.45) is 2.05. The van der Waals surface area contributed by atoms with Crippen molar-refractivity contribution >= 4 is 23.3 Å². The maximum absolute atomic E-state index is 12.5. The van der Waals surface area contributed by atoms with Crippen LogP contribution in [0.5, 0.6) is 5.75 Å². The van der Waals surface area contributed by atoms with Gasteiger partial charge in [0.05, 0.1) is 17.9 Å². The Morgan fingerprint density at radius 3 is 2.87 bits per heavy atom. The number of carbonyl (C=O) groups is 3. The van der Waals surface area contributed by atoms with Crippen molar-refractivity contribution in [3.8, 4) is 5.75 Å². The van der Waals surface area contributed by atoms with E-state index in [0.717, 1.165) is 17.7 Å². The largest absolute Gasteiger partial charge is 0.493 e. The number of anilines is 1. The van der Waals surface area contributed by atoms with Gasteiger partial charge < -0.3 is 14.8 Å². The molecule has 1 aliphatic rings. The van der Waals surface area contributed by atoms with Crippen molar-refractivity contribution in [2.45, 2.75) is 13.0 Å². The van der Waals surface area contributed by atoms with Crippen LogP contribution in [0.2, 0.25) is 0 Å². The van der Waals surface area contributed by atoms with Gasteiger partial charge in [0.15, 0.2) is 12.4 Å². The number of hydrogen-bond acceptors (Lipinski definition) is 8. The van der Waals surface area contributed by atoms with E-state index in [0.29, 0.717) is 12.2 Å². The van der Waals surface area contributed by atoms with Gasteiger partial charge in [0.1, 0.15) is 18.6 Å². The highest BCUT2D eigenvalue weighted by atomic mass is 16.5. The van der Waals surface area contributed by atoms with Gasteiger partial charge in [0.2, 0.25) is 5.91 Å². The van der Waals surface area contributed by atoms with E-state index in [-0.39, 0.29) is 23.6 Å². The van der Waals surface area contributed by atoms with E-state index >= 15 is 0 Å². The summed E-state index contributed by atoms with van der Waals surface area (Å²) in [7, 11) is 0. The molecule has 0 radical (unpaired) electrons. The molecular formula is C20H17N5O5. The van der Waals surface area contributed by atoms with Crippen molar-refractivity contribution in [2.24, 2.45) is 0 Å². The molecule has 152 valence electrons. The van der Waals surface area contributed by atoms with E-state index < -0.39 is 18.5 Å². The van der Waals surface area contributed by atoms with Gasteiger partial charge in [-0.05, 0) is 46.3 Å². The molecule has 3 aromatic rings. The molecule has 2 heterocycles. The lowest BCUT2D eigenvalue weighted by Crippen LogP contribution is -2.21. The highest BCUT2D eigenvalue weighted by Crippen LogP contribution is 2.26. The maximum atomic E-state index is 12.5. The second kappa shape index (κ2) is 8.52. The van der Waals surface area contributed by atoms with Crippen LogP contribution in [-0.4, -0.2) is 51.1 Å². The Hall–Kier alpha value is -4.08. The summed E-state index contributed by atoms with van der Waals surface area (Å²) >= 11 is 0. The Bertz CT molecular complexity index is 1100. The van der Waals surface area contributed by atoms with Crippen molar-refractivity contribution < 1.29 is 23.9 Å². The lowest BCUT2D eigenvalue weighted by atomic mass is 10.1. The fourth-order valence-electron chi connectivity index (χ4n) is 3.01. The molecule has 2 aromatic carbocycles. The smallest absolute Gasteiger partial charge is 0.340 e. The van der Waals surface area contributed by atoms with E-state index in [1.165, 1.54) is 17.1 Å². The third-order valence-corrected chi connectivity index (χ3v) is 4.46. The number of rotatable bonds is 7. The number of benzene rings is 2. The van der Waals surface area contributed by atoms with Crippen LogP contribution in [0.15, 0.2) is 48.8 Å². The molecule has 10 nitrogen and oxygen atoms in total. The van der Waals surface area contributed by atoms with Crippen LogP contribution in [0.25, 0.3) is 0 Å². The van der Waals surface area contributed by atoms with Crippen molar-refractivity contribution in [1.82, 2.24) is 20.2 Å². The van der Waals surface area contributed by atoms with Gasteiger partial charge in [0, 0.05) is 12.0 Å². The summed E-state index contributed by atoms with van der Waals surface area (Å²) in [6.45, 7) is 0.0696. The van der Waals surface area contributed by atoms with Gasteiger partial charge in [-0.1, -0.05) is 12.1 Å². The molecule has 1 aromatic heterocycles. The number of amides is 1. The molecule has 0 saturated carbocycles. The van der Waals surface area contributed by atoms with E-state index in [2.05, 4.69) is 20.8 Å². The Morgan fingerprint density at radius 2 is 2.03 bits per heavy atom. The zero-order chi connectivity index (χ0) is 20.9. The molecule has 0 atom stereocenters. The van der Waals surface area contributed by atoms with E-state index in [9.17, 15) is 14.4 Å². The van der Waals surface area contributed by atoms with Crippen molar-refractivity contribution in [3.63, 3.8) is 0 Å². The van der Waals surface area contributed by atoms with Crippen molar-refractivity contribution in [2.75, 3.05) is 18.5 Å². The number of nitrogens with one attached hydrogen (secondary N) is 1. The monoisotopic (exact) mass is 407 g/mol. The lowest BCUT2D eigenvalue weighted by molar-refractivity contribution is -0.116. The Morgan fingerprint density at radius 1 is 1.17 bits per heavy atom. The molecule has 0 bridgehead atoms. The number of ether oxygens (including phenoxy) is 2. The summed E-state index contributed by atoms with van der Waals surface area (Å²) in [5.74, 6) is -0.682. The SMILES string of the molecule is O=C(Cn1cnnn1)Nc1ccccc1C(=O)OCC(=O)c1ccc2c(c1)CCO2. The minimum atomic E-state index is -0.717. The first-order valence-corrected chi connectivity index (χ1v) is 9.16. The Labute approximate surface area is 170 Å². The number of hydrogen-bond donors (Lipinski definition) is 1. The van der Waals surface area contributed by atoms with Gasteiger partial charge in [-0.2, -0.15) is 0 Å². The highest BCUT2D eigenvalue weighted by Gasteiger charge is 2.19. The van der Waals surface area contributed by atoms with Crippen LogP contribution in [0.3, 0.4) is 0 Å². The fraction of sp³-hybridized carbons (Fsp3) is 0.200. The van der Waals surface area contributed by atoms with Crippen LogP contribution in [0.4, 0.5) is 5.69 Å². The van der Waals surface area contributed by atoms with Gasteiger partial charge in [-0.15, -0.1) is 5.10 Å². The summed E-state index contributed by atoms with van der Waals surface area (Å²) in [4.78, 5) is 37.1. The Kier molecular flexibility index (Phi) is 5.46. The minimum Gasteiger partial charge on any atom is -0.493 e. The number of para-hydroxylation sites is 1. The number of Topliss-reactive ketones (excluding diaryl/α,β-unsaturated/α-hetero) is 1. The average Bonchev–Trinajstić information content (AvgIpc) is 3.43. The van der Waals surface area contributed by atoms with Crippen molar-refractivity contribution in [3.05, 3.63) is 65.5 Å². The summed E-state index contributed by atoms with van der Waals surface area (Å²) in [6, 6.07) is 11.5. The second-order valence-corrected chi connectivity index (χ2v) is 6.52. The molecule has 30 heavy (non-hydrogen) atoms. The van der Waals surface area contributed by atoms with Crippen LogP contribution >= 0.6 is 0 Å². The molecule has 0 aliphatic carbocycles. The standard InChI is InChI=1S/C20H17N5O5/c26-17(13-5-6-18-14(9-13)7-8-29-18)11-30-20(28)15-3-1-2-4-16(15)22-19(27)10-25-12-21-23-24-25/h1-6,9,12H,7-8,10-11H2,(H,22,27). The quantitative estimate of drug-likeness (QED) is 0.459. The van der Waals surface area contributed by atoms with Crippen LogP contribution < -0.4 is 10.1 Å². The molecule has 0 spiro atoms. The van der Waals surface area contributed by atoms with Crippen LogP contribution in [0.1, 0.15) is 26.3 Å². The molecule has 10 heteroatoms. The third-order valence-electron chi connectivity index (χ3n) is 4.46. The average molecular weight is 407 g/mol. The van der Waals surface area contributed by atoms with Gasteiger partial charge in [0.25, 0.3) is 0 Å². The first kappa shape index (κ1) is 19.2. The van der Waals surface area contributed by atoms with Crippen molar-refractivity contribution in [1.29, 1.82) is 0 Å². The number of fused-ring (bicyclic) bond motifs is 1. The molecule has 1 aliphatic heterocycles. The molecule has 0 fully saturated rings. The minimum absolute atomic E-state index is 0.114. The topological polar surface area (TPSA) is 125 Å². The van der Waals surface area contributed by atoms with Gasteiger partial charge in [-0.25, -0.2) is 9.48 Å². The number of aromatic nitrogens is 4. The molecule has 0 saturated heterocycles. The first-order valence-electron chi connectivity index (χ1n) is 9.16. The van der Waals surface area contributed by atoms with E-state index in [4.69, 9.17) is 9.47 Å². The Balaban J connectivity index is 1.38. The molecule has 0 unspecified atom stereocenters. The fourth-order valence-corrected chi connectivity index (χ4v) is 3.01. The predicted molar refractivity (Wildman–Crippen MR) is 103 cm³/mol. The molecule has 4 rings (SSSR count). The number of ketones is 1. The number of nitrogens with zero attached hydrogens (tertiary/aromatic N) is 4. The molecular weight excluding hydrogens is 390 g/mol. The summed E-state index contributed by atoms with van der Waals surface area (Å²) < 4.78 is 11.9. The van der Waals surface area contributed by atoms with Crippen LogP contribution in [0, 0.1) is 0 Å². The summed E-state index contributed by atoms with van der Waals surface area (Å²) in [5.41, 5.74) is 1.82. The molecule has 1 amide bonds. The van der Waals surface area contributed by atoms with Gasteiger partial charge in [-0.3, -0.25) is 9.59 Å². The lowest BCUT2D eigenvalue weighted by Gasteiger charge is -2.11. The maximum Gasteiger partial charge on any atom is 0.340 e. The normalized spacial score (nSPS) is 12.0. The second-order valence-electron chi connectivity index (χ2n) is 6.52.